The third-order valence-corrected chi connectivity index (χ3v) is 3.26. The topological polar surface area (TPSA) is 29.3 Å². The van der Waals surface area contributed by atoms with Gasteiger partial charge in [0.15, 0.2) is 0 Å². The van der Waals surface area contributed by atoms with Crippen LogP contribution in [0.25, 0.3) is 0 Å². The second-order valence-corrected chi connectivity index (χ2v) is 3.81. The Morgan fingerprint density at radius 2 is 2.30 bits per heavy atom. The van der Waals surface area contributed by atoms with E-state index in [0.29, 0.717) is 11.5 Å². The van der Waals surface area contributed by atoms with E-state index in [4.69, 9.17) is 5.73 Å². The maximum absolute atomic E-state index is 5.91. The molecule has 0 bridgehead atoms. The molecule has 2 heteroatoms. The van der Waals surface area contributed by atoms with Crippen LogP contribution in [-0.4, -0.2) is 30.6 Å². The Hall–Kier alpha value is -0.0800. The molecule has 1 spiro atoms. The molecule has 10 heavy (non-hydrogen) atoms. The van der Waals surface area contributed by atoms with Crippen molar-refractivity contribution >= 4 is 0 Å². The van der Waals surface area contributed by atoms with Crippen LogP contribution < -0.4 is 5.73 Å². The van der Waals surface area contributed by atoms with Crippen LogP contribution >= 0.6 is 0 Å². The molecule has 2 N–H and O–H groups in total. The Morgan fingerprint density at radius 3 is 2.60 bits per heavy atom. The molecule has 1 aliphatic heterocycles. The van der Waals surface area contributed by atoms with Crippen molar-refractivity contribution in [2.45, 2.75) is 25.8 Å². The lowest BCUT2D eigenvalue weighted by Gasteiger charge is -2.59. The third-order valence-electron chi connectivity index (χ3n) is 3.26. The van der Waals surface area contributed by atoms with Crippen LogP contribution in [0.4, 0.5) is 0 Å². The van der Waals surface area contributed by atoms with E-state index in [1.54, 1.807) is 0 Å². The molecule has 0 radical (unpaired) electrons. The fourth-order valence-corrected chi connectivity index (χ4v) is 2.18. The average molecular weight is 140 g/mol. The van der Waals surface area contributed by atoms with Crippen molar-refractivity contribution in [3.63, 3.8) is 0 Å². The van der Waals surface area contributed by atoms with Crippen molar-refractivity contribution in [1.29, 1.82) is 0 Å². The Labute approximate surface area is 62.4 Å². The fraction of sp³-hybridized carbons (Fsp3) is 1.00. The van der Waals surface area contributed by atoms with E-state index in [0.717, 1.165) is 0 Å². The molecule has 0 unspecified atom stereocenters. The first-order chi connectivity index (χ1) is 4.77. The maximum Gasteiger partial charge on any atom is 0.0120 e. The van der Waals surface area contributed by atoms with Crippen molar-refractivity contribution in [3.05, 3.63) is 0 Å². The van der Waals surface area contributed by atoms with Crippen LogP contribution in [0.3, 0.4) is 0 Å². The van der Waals surface area contributed by atoms with Crippen molar-refractivity contribution in [3.8, 4) is 0 Å². The predicted octanol–water partition coefficient (Wildman–Crippen LogP) is 0.429. The van der Waals surface area contributed by atoms with E-state index in [-0.39, 0.29) is 0 Å². The molecule has 1 saturated heterocycles. The molecular weight excluding hydrogens is 124 g/mol. The van der Waals surface area contributed by atoms with Crippen LogP contribution in [0.5, 0.6) is 0 Å². The molecule has 1 saturated carbocycles. The van der Waals surface area contributed by atoms with E-state index in [2.05, 4.69) is 11.8 Å². The lowest BCUT2D eigenvalue weighted by atomic mass is 9.60. The van der Waals surface area contributed by atoms with Gasteiger partial charge in [-0.05, 0) is 19.4 Å². The maximum atomic E-state index is 5.91. The summed E-state index contributed by atoms with van der Waals surface area (Å²) in [6.07, 6.45) is 2.64. The Bertz CT molecular complexity index is 138. The van der Waals surface area contributed by atoms with Gasteiger partial charge in [-0.2, -0.15) is 0 Å². The zero-order chi connectivity index (χ0) is 7.19. The molecule has 0 aromatic heterocycles. The van der Waals surface area contributed by atoms with Crippen molar-refractivity contribution in [1.82, 2.24) is 4.90 Å². The first-order valence-corrected chi connectivity index (χ1v) is 4.25. The van der Waals surface area contributed by atoms with Crippen LogP contribution in [0.2, 0.25) is 0 Å². The van der Waals surface area contributed by atoms with Gasteiger partial charge in [-0.3, -0.25) is 0 Å². The van der Waals surface area contributed by atoms with E-state index in [9.17, 15) is 0 Å². The van der Waals surface area contributed by atoms with E-state index >= 15 is 0 Å². The minimum Gasteiger partial charge on any atom is -0.327 e. The number of rotatable bonds is 1. The summed E-state index contributed by atoms with van der Waals surface area (Å²) in [5.74, 6) is 0. The van der Waals surface area contributed by atoms with Gasteiger partial charge < -0.3 is 10.6 Å². The first-order valence-electron chi connectivity index (χ1n) is 4.25. The number of hydrogen-bond donors (Lipinski definition) is 1. The average Bonchev–Trinajstić information content (AvgIpc) is 1.83. The molecule has 0 aromatic rings. The van der Waals surface area contributed by atoms with Crippen LogP contribution in [0.1, 0.15) is 19.8 Å². The van der Waals surface area contributed by atoms with Crippen molar-refractivity contribution < 1.29 is 0 Å². The van der Waals surface area contributed by atoms with Gasteiger partial charge in [-0.1, -0.05) is 6.92 Å². The SMILES string of the molecule is CCN1CC2(CC[C@@H]2N)C1. The highest BCUT2D eigenvalue weighted by Crippen LogP contribution is 2.46. The van der Waals surface area contributed by atoms with Gasteiger partial charge >= 0.3 is 0 Å². The van der Waals surface area contributed by atoms with Gasteiger partial charge in [0.2, 0.25) is 0 Å². The fourth-order valence-electron chi connectivity index (χ4n) is 2.18. The van der Waals surface area contributed by atoms with E-state index in [1.165, 1.54) is 32.5 Å². The molecule has 58 valence electrons. The summed E-state index contributed by atoms with van der Waals surface area (Å²) in [4.78, 5) is 2.47. The van der Waals surface area contributed by atoms with E-state index < -0.39 is 0 Å². The smallest absolute Gasteiger partial charge is 0.0120 e. The molecule has 1 heterocycles. The Morgan fingerprint density at radius 1 is 1.60 bits per heavy atom. The van der Waals surface area contributed by atoms with Gasteiger partial charge in [-0.15, -0.1) is 0 Å². The number of nitrogens with two attached hydrogens (primary N) is 1. The summed E-state index contributed by atoms with van der Waals surface area (Å²) < 4.78 is 0. The lowest BCUT2D eigenvalue weighted by Crippen LogP contribution is -2.68. The Kier molecular flexibility index (Phi) is 1.29. The monoisotopic (exact) mass is 140 g/mol. The molecule has 2 rings (SSSR count). The van der Waals surface area contributed by atoms with Crippen molar-refractivity contribution in [2.24, 2.45) is 11.1 Å². The lowest BCUT2D eigenvalue weighted by molar-refractivity contribution is -0.0747. The second kappa shape index (κ2) is 1.95. The van der Waals surface area contributed by atoms with Crippen molar-refractivity contribution in [2.75, 3.05) is 19.6 Å². The molecule has 2 nitrogen and oxygen atoms in total. The molecule has 2 aliphatic rings. The highest BCUT2D eigenvalue weighted by atomic mass is 15.2. The highest BCUT2D eigenvalue weighted by molar-refractivity contribution is 5.07. The number of likely N-dealkylation sites (tertiary alicyclic amines) is 1. The second-order valence-electron chi connectivity index (χ2n) is 3.81. The van der Waals surface area contributed by atoms with Crippen LogP contribution in [0, 0.1) is 5.41 Å². The van der Waals surface area contributed by atoms with E-state index in [1.807, 2.05) is 0 Å². The minimum atomic E-state index is 0.523. The van der Waals surface area contributed by atoms with Gasteiger partial charge in [-0.25, -0.2) is 0 Å². The summed E-state index contributed by atoms with van der Waals surface area (Å²) in [5, 5.41) is 0. The standard InChI is InChI=1S/C8H16N2/c1-2-10-5-8(6-10)4-3-7(8)9/h7H,2-6,9H2,1H3/t7-/m0/s1. The molecule has 1 atom stereocenters. The summed E-state index contributed by atoms with van der Waals surface area (Å²) in [5.41, 5.74) is 6.49. The third kappa shape index (κ3) is 0.663. The zero-order valence-corrected chi connectivity index (χ0v) is 6.64. The summed E-state index contributed by atoms with van der Waals surface area (Å²) in [6, 6.07) is 0.523. The summed E-state index contributed by atoms with van der Waals surface area (Å²) >= 11 is 0. The molecule has 2 fully saturated rings. The van der Waals surface area contributed by atoms with Gasteiger partial charge in [0.05, 0.1) is 0 Å². The van der Waals surface area contributed by atoms with Gasteiger partial charge in [0, 0.05) is 24.5 Å². The molecule has 1 aliphatic carbocycles. The van der Waals surface area contributed by atoms with Crippen LogP contribution in [0.15, 0.2) is 0 Å². The number of nitrogens with zero attached hydrogens (tertiary/aromatic N) is 1. The largest absolute Gasteiger partial charge is 0.327 e. The molecular formula is C8H16N2. The quantitative estimate of drug-likeness (QED) is 0.572. The minimum absolute atomic E-state index is 0.523. The summed E-state index contributed by atoms with van der Waals surface area (Å²) in [6.45, 7) is 5.96. The first kappa shape index (κ1) is 6.62. The predicted molar refractivity (Wildman–Crippen MR) is 41.8 cm³/mol. The number of hydrogen-bond acceptors (Lipinski definition) is 2. The van der Waals surface area contributed by atoms with Crippen LogP contribution in [-0.2, 0) is 0 Å². The van der Waals surface area contributed by atoms with Gasteiger partial charge in [0.1, 0.15) is 0 Å². The molecule has 0 aromatic carbocycles. The highest BCUT2D eigenvalue weighted by Gasteiger charge is 2.52. The molecule has 0 amide bonds. The van der Waals surface area contributed by atoms with Gasteiger partial charge in [0.25, 0.3) is 0 Å². The zero-order valence-electron chi connectivity index (χ0n) is 6.64. The summed E-state index contributed by atoms with van der Waals surface area (Å²) in [7, 11) is 0. The Balaban J connectivity index is 1.88. The normalized spacial score (nSPS) is 37.2.